The van der Waals surface area contributed by atoms with Crippen LogP contribution < -0.4 is 9.64 Å². The van der Waals surface area contributed by atoms with Gasteiger partial charge < -0.3 is 24.2 Å². The van der Waals surface area contributed by atoms with Gasteiger partial charge in [0.05, 0.1) is 7.11 Å². The number of carbonyl (C=O) groups excluding carboxylic acids is 2. The first-order chi connectivity index (χ1) is 16.1. The van der Waals surface area contributed by atoms with E-state index in [9.17, 15) is 22.8 Å². The van der Waals surface area contributed by atoms with Crippen LogP contribution in [0.25, 0.3) is 0 Å². The molecule has 0 N–H and O–H groups in total. The average molecular weight is 486 g/mol. The van der Waals surface area contributed by atoms with Crippen LogP contribution in [0, 0.1) is 5.41 Å². The van der Waals surface area contributed by atoms with Crippen molar-refractivity contribution in [3.05, 3.63) is 24.3 Å². The first-order valence-electron chi connectivity index (χ1n) is 11.8. The van der Waals surface area contributed by atoms with Crippen molar-refractivity contribution in [2.75, 3.05) is 57.8 Å². The van der Waals surface area contributed by atoms with E-state index in [2.05, 4.69) is 21.3 Å². The predicted octanol–water partition coefficient (Wildman–Crippen LogP) is 3.68. The number of esters is 1. The molecular weight excluding hydrogens is 451 g/mol. The molecule has 0 atom stereocenters. The van der Waals surface area contributed by atoms with E-state index < -0.39 is 12.3 Å². The zero-order valence-corrected chi connectivity index (χ0v) is 19.9. The Hall–Kier alpha value is -2.49. The Morgan fingerprint density at radius 1 is 1.06 bits per heavy atom. The van der Waals surface area contributed by atoms with Crippen LogP contribution in [0.3, 0.4) is 0 Å². The Labute approximate surface area is 198 Å². The molecule has 2 saturated heterocycles. The highest BCUT2D eigenvalue weighted by atomic mass is 19.4. The van der Waals surface area contributed by atoms with E-state index in [1.54, 1.807) is 11.0 Å². The van der Waals surface area contributed by atoms with Crippen molar-refractivity contribution in [3.63, 3.8) is 0 Å². The molecule has 190 valence electrons. The summed E-state index contributed by atoms with van der Waals surface area (Å²) in [6, 6.07) is 5.58. The van der Waals surface area contributed by atoms with Crippen LogP contribution in [-0.2, 0) is 14.3 Å². The maximum absolute atomic E-state index is 12.3. The molecule has 3 aliphatic rings. The number of anilines is 1. The highest BCUT2D eigenvalue weighted by Crippen LogP contribution is 2.53. The van der Waals surface area contributed by atoms with Gasteiger partial charge in [-0.15, -0.1) is 13.2 Å². The maximum Gasteiger partial charge on any atom is 0.573 e. The highest BCUT2D eigenvalue weighted by Gasteiger charge is 2.43. The van der Waals surface area contributed by atoms with Gasteiger partial charge >= 0.3 is 12.3 Å². The monoisotopic (exact) mass is 485 g/mol. The summed E-state index contributed by atoms with van der Waals surface area (Å²) in [5.41, 5.74) is 1.38. The molecule has 1 amide bonds. The van der Waals surface area contributed by atoms with Crippen LogP contribution in [0.2, 0.25) is 0 Å². The van der Waals surface area contributed by atoms with Crippen molar-refractivity contribution in [2.24, 2.45) is 5.41 Å². The molecule has 1 saturated carbocycles. The summed E-state index contributed by atoms with van der Waals surface area (Å²) >= 11 is 0. The number of hydrogen-bond donors (Lipinski definition) is 0. The number of benzene rings is 1. The number of methoxy groups -OCH3 is 1. The lowest BCUT2D eigenvalue weighted by molar-refractivity contribution is -0.274. The van der Waals surface area contributed by atoms with Crippen LogP contribution in [0.1, 0.15) is 39.0 Å². The first kappa shape index (κ1) is 26.1. The van der Waals surface area contributed by atoms with Crippen molar-refractivity contribution in [1.29, 1.82) is 0 Å². The number of nitrogens with zero attached hydrogens (tertiary/aromatic N) is 3. The predicted molar refractivity (Wildman–Crippen MR) is 122 cm³/mol. The number of rotatable bonds is 5. The molecule has 0 bridgehead atoms. The largest absolute Gasteiger partial charge is 0.573 e. The van der Waals surface area contributed by atoms with Gasteiger partial charge in [0.15, 0.2) is 0 Å². The van der Waals surface area contributed by atoms with E-state index in [-0.39, 0.29) is 31.2 Å². The van der Waals surface area contributed by atoms with E-state index in [0.29, 0.717) is 18.8 Å². The van der Waals surface area contributed by atoms with Crippen LogP contribution in [-0.4, -0.2) is 81.0 Å². The molecule has 34 heavy (non-hydrogen) atoms. The van der Waals surface area contributed by atoms with E-state index >= 15 is 0 Å². The number of alkyl halides is 3. The SMILES string of the molecule is CCN1CCC2(CC1)CC2.COC(=O)CN1CCN(c2cccc(OC(F)(F)F)c2)CCC1=O. The van der Waals surface area contributed by atoms with Crippen molar-refractivity contribution >= 4 is 17.6 Å². The molecule has 0 radical (unpaired) electrons. The molecule has 4 rings (SSSR count). The third-order valence-corrected chi connectivity index (χ3v) is 6.87. The minimum atomic E-state index is -4.76. The zero-order valence-electron chi connectivity index (χ0n) is 19.9. The summed E-state index contributed by atoms with van der Waals surface area (Å²) < 4.78 is 45.4. The van der Waals surface area contributed by atoms with Gasteiger partial charge in [0.2, 0.25) is 5.91 Å². The van der Waals surface area contributed by atoms with Crippen LogP contribution in [0.5, 0.6) is 5.75 Å². The summed E-state index contributed by atoms with van der Waals surface area (Å²) in [5, 5.41) is 0. The number of piperidine rings is 1. The van der Waals surface area contributed by atoms with Gasteiger partial charge in [-0.05, 0) is 62.9 Å². The van der Waals surface area contributed by atoms with E-state index in [4.69, 9.17) is 0 Å². The Bertz CT molecular complexity index is 835. The first-order valence-corrected chi connectivity index (χ1v) is 11.8. The lowest BCUT2D eigenvalue weighted by Gasteiger charge is -2.30. The molecule has 3 fully saturated rings. The highest BCUT2D eigenvalue weighted by molar-refractivity contribution is 5.82. The molecule has 2 heterocycles. The van der Waals surface area contributed by atoms with Gasteiger partial charge in [-0.2, -0.15) is 0 Å². The summed E-state index contributed by atoms with van der Waals surface area (Å²) in [6.07, 6.45) is 1.43. The maximum atomic E-state index is 12.3. The number of carbonyl (C=O) groups is 2. The molecular formula is C24H34F3N3O4. The Balaban J connectivity index is 0.000000266. The van der Waals surface area contributed by atoms with Gasteiger partial charge in [0.1, 0.15) is 12.3 Å². The zero-order chi connectivity index (χ0) is 24.8. The van der Waals surface area contributed by atoms with Crippen molar-refractivity contribution < 1.29 is 32.2 Å². The fourth-order valence-electron chi connectivity index (χ4n) is 4.41. The average Bonchev–Trinajstić information content (AvgIpc) is 3.58. The number of amides is 1. The van der Waals surface area contributed by atoms with E-state index in [1.165, 1.54) is 75.5 Å². The van der Waals surface area contributed by atoms with Crippen LogP contribution in [0.4, 0.5) is 18.9 Å². The summed E-state index contributed by atoms with van der Waals surface area (Å²) in [5.74, 6) is -1.04. The molecule has 0 unspecified atom stereocenters. The molecule has 10 heteroatoms. The molecule has 1 aromatic carbocycles. The number of ether oxygens (including phenoxy) is 2. The second kappa shape index (κ2) is 11.3. The summed E-state index contributed by atoms with van der Waals surface area (Å²) in [7, 11) is 1.24. The van der Waals surface area contributed by atoms with E-state index in [1.807, 2.05) is 0 Å². The molecule has 0 aromatic heterocycles. The number of likely N-dealkylation sites (tertiary alicyclic amines) is 1. The molecule has 1 aliphatic carbocycles. The summed E-state index contributed by atoms with van der Waals surface area (Å²) in [4.78, 5) is 29.1. The van der Waals surface area contributed by atoms with Gasteiger partial charge in [-0.3, -0.25) is 9.59 Å². The standard InChI is InChI=1S/C15H17F3N2O4.C9H17N/c1-23-14(22)10-20-8-7-19(6-5-13(20)21)11-3-2-4-12(9-11)24-15(16,17)18;1-2-10-7-5-9(3-4-9)6-8-10/h2-4,9H,5-8,10H2,1H3;2-8H2,1H3. The normalized spacial score (nSPS) is 20.3. The number of halogens is 3. The summed E-state index contributed by atoms with van der Waals surface area (Å²) in [6.45, 7) is 7.14. The molecule has 2 aliphatic heterocycles. The third-order valence-electron chi connectivity index (χ3n) is 6.87. The van der Waals surface area contributed by atoms with Crippen molar-refractivity contribution in [3.8, 4) is 5.75 Å². The fourth-order valence-corrected chi connectivity index (χ4v) is 4.41. The quantitative estimate of drug-likeness (QED) is 0.593. The fraction of sp³-hybridized carbons (Fsp3) is 0.667. The Morgan fingerprint density at radius 3 is 2.35 bits per heavy atom. The Morgan fingerprint density at radius 2 is 1.76 bits per heavy atom. The molecule has 1 spiro atoms. The van der Waals surface area contributed by atoms with Gasteiger partial charge in [-0.1, -0.05) is 13.0 Å². The lowest BCUT2D eigenvalue weighted by atomic mass is 9.94. The van der Waals surface area contributed by atoms with E-state index in [0.717, 1.165) is 5.41 Å². The van der Waals surface area contributed by atoms with Crippen molar-refractivity contribution in [1.82, 2.24) is 9.80 Å². The van der Waals surface area contributed by atoms with Crippen LogP contribution in [0.15, 0.2) is 24.3 Å². The molecule has 7 nitrogen and oxygen atoms in total. The smallest absolute Gasteiger partial charge is 0.468 e. The van der Waals surface area contributed by atoms with Crippen molar-refractivity contribution in [2.45, 2.75) is 45.4 Å². The minimum Gasteiger partial charge on any atom is -0.468 e. The molecule has 1 aromatic rings. The second-order valence-electron chi connectivity index (χ2n) is 9.11. The second-order valence-corrected chi connectivity index (χ2v) is 9.11. The topological polar surface area (TPSA) is 62.3 Å². The van der Waals surface area contributed by atoms with Gasteiger partial charge in [0.25, 0.3) is 0 Å². The van der Waals surface area contributed by atoms with Gasteiger partial charge in [0, 0.05) is 37.8 Å². The third kappa shape index (κ3) is 7.78. The minimum absolute atomic E-state index is 0.138. The lowest BCUT2D eigenvalue weighted by Crippen LogP contribution is -2.37. The van der Waals surface area contributed by atoms with Crippen LogP contribution >= 0.6 is 0 Å². The van der Waals surface area contributed by atoms with Gasteiger partial charge in [-0.25, -0.2) is 0 Å². The number of hydrogen-bond acceptors (Lipinski definition) is 6. The Kier molecular flexibility index (Phi) is 8.67.